The van der Waals surface area contributed by atoms with E-state index in [1.165, 1.54) is 6.07 Å². The normalized spacial score (nSPS) is 11.6. The molecule has 186 valence electrons. The summed E-state index contributed by atoms with van der Waals surface area (Å²) in [6.45, 7) is 3.67. The lowest BCUT2D eigenvalue weighted by Crippen LogP contribution is -2.37. The Morgan fingerprint density at radius 1 is 1.11 bits per heavy atom. The van der Waals surface area contributed by atoms with E-state index in [-0.39, 0.29) is 24.7 Å². The van der Waals surface area contributed by atoms with Gasteiger partial charge in [-0.25, -0.2) is 4.98 Å². The number of carbonyl (C=O) groups excluding carboxylic acids is 1. The number of imidazole rings is 1. The second-order valence-corrected chi connectivity index (χ2v) is 8.96. The fourth-order valence-corrected chi connectivity index (χ4v) is 4.10. The Morgan fingerprint density at radius 2 is 1.86 bits per heavy atom. The first-order valence-electron chi connectivity index (χ1n) is 12.0. The summed E-state index contributed by atoms with van der Waals surface area (Å²) in [4.78, 5) is 17.5. The standard InChI is InChI=1S/C29H27N5O3/c1-19(2)37-27-10-9-22(15-24(27)17-31)29(36)32-25(11-13-35)14-20-5-7-21(8-6-20)26-18-34-12-3-4-23(16-30)28(34)33-26/h3-10,12,15,18-19,25,35H,11,13-14H2,1-2H3,(H,32,36)/t25-/m1/s1. The van der Waals surface area contributed by atoms with Crippen LogP contribution in [0.3, 0.4) is 0 Å². The number of nitrogens with one attached hydrogen (secondary N) is 1. The highest BCUT2D eigenvalue weighted by Crippen LogP contribution is 2.23. The molecule has 8 nitrogen and oxygen atoms in total. The number of amides is 1. The Kier molecular flexibility index (Phi) is 7.83. The van der Waals surface area contributed by atoms with E-state index in [4.69, 9.17) is 4.74 Å². The van der Waals surface area contributed by atoms with E-state index >= 15 is 0 Å². The molecule has 37 heavy (non-hydrogen) atoms. The second-order valence-electron chi connectivity index (χ2n) is 8.96. The van der Waals surface area contributed by atoms with E-state index in [1.54, 1.807) is 18.2 Å². The molecular formula is C29H27N5O3. The van der Waals surface area contributed by atoms with Gasteiger partial charge >= 0.3 is 0 Å². The summed E-state index contributed by atoms with van der Waals surface area (Å²) in [6.07, 6.45) is 4.56. The first-order valence-corrected chi connectivity index (χ1v) is 12.0. The summed E-state index contributed by atoms with van der Waals surface area (Å²) in [5.74, 6) is 0.121. The number of fused-ring (bicyclic) bond motifs is 1. The average molecular weight is 494 g/mol. The molecule has 4 aromatic rings. The van der Waals surface area contributed by atoms with Crippen molar-refractivity contribution in [3.05, 3.63) is 89.2 Å². The highest BCUT2D eigenvalue weighted by atomic mass is 16.5. The highest BCUT2D eigenvalue weighted by molar-refractivity contribution is 5.95. The summed E-state index contributed by atoms with van der Waals surface area (Å²) in [6, 6.07) is 20.1. The monoisotopic (exact) mass is 493 g/mol. The van der Waals surface area contributed by atoms with E-state index in [0.717, 1.165) is 16.8 Å². The summed E-state index contributed by atoms with van der Waals surface area (Å²) < 4.78 is 7.46. The van der Waals surface area contributed by atoms with Crippen LogP contribution in [0.2, 0.25) is 0 Å². The zero-order valence-corrected chi connectivity index (χ0v) is 20.7. The fourth-order valence-electron chi connectivity index (χ4n) is 4.10. The van der Waals surface area contributed by atoms with Crippen molar-refractivity contribution in [3.63, 3.8) is 0 Å². The van der Waals surface area contributed by atoms with Gasteiger partial charge in [-0.15, -0.1) is 0 Å². The van der Waals surface area contributed by atoms with Gasteiger partial charge in [0.2, 0.25) is 0 Å². The Balaban J connectivity index is 1.47. The number of aromatic nitrogens is 2. The largest absolute Gasteiger partial charge is 0.490 e. The molecule has 2 aromatic carbocycles. The van der Waals surface area contributed by atoms with E-state index < -0.39 is 0 Å². The molecule has 0 spiro atoms. The van der Waals surface area contributed by atoms with Crippen molar-refractivity contribution in [1.82, 2.24) is 14.7 Å². The Labute approximate surface area is 215 Å². The molecular weight excluding hydrogens is 466 g/mol. The van der Waals surface area contributed by atoms with Gasteiger partial charge in [0.15, 0.2) is 5.65 Å². The molecule has 2 N–H and O–H groups in total. The number of nitrogens with zero attached hydrogens (tertiary/aromatic N) is 4. The predicted molar refractivity (Wildman–Crippen MR) is 139 cm³/mol. The summed E-state index contributed by atoms with van der Waals surface area (Å²) in [5.41, 5.74) is 4.43. The molecule has 0 aliphatic rings. The van der Waals surface area contributed by atoms with Gasteiger partial charge in [0.1, 0.15) is 17.9 Å². The van der Waals surface area contributed by atoms with Gasteiger partial charge in [-0.05, 0) is 62.6 Å². The number of benzene rings is 2. The molecule has 0 aliphatic heterocycles. The second kappa shape index (κ2) is 11.4. The molecule has 1 atom stereocenters. The molecule has 4 rings (SSSR count). The molecule has 0 saturated carbocycles. The van der Waals surface area contributed by atoms with Crippen LogP contribution in [-0.4, -0.2) is 39.2 Å². The minimum absolute atomic E-state index is 0.0733. The number of aliphatic hydroxyl groups is 1. The van der Waals surface area contributed by atoms with Crippen molar-refractivity contribution in [2.24, 2.45) is 0 Å². The van der Waals surface area contributed by atoms with Crippen molar-refractivity contribution < 1.29 is 14.6 Å². The summed E-state index contributed by atoms with van der Waals surface area (Å²) in [7, 11) is 0. The fraction of sp³-hybridized carbons (Fsp3) is 0.241. The van der Waals surface area contributed by atoms with Gasteiger partial charge in [0, 0.05) is 36.2 Å². The van der Waals surface area contributed by atoms with Crippen LogP contribution in [0.15, 0.2) is 67.0 Å². The highest BCUT2D eigenvalue weighted by Gasteiger charge is 2.17. The molecule has 2 aromatic heterocycles. The Hall–Kier alpha value is -4.66. The van der Waals surface area contributed by atoms with Crippen LogP contribution in [0.4, 0.5) is 0 Å². The van der Waals surface area contributed by atoms with Crippen LogP contribution >= 0.6 is 0 Å². The average Bonchev–Trinajstić information content (AvgIpc) is 3.33. The van der Waals surface area contributed by atoms with Crippen LogP contribution in [0.5, 0.6) is 5.75 Å². The van der Waals surface area contributed by atoms with E-state index in [1.807, 2.05) is 61.0 Å². The molecule has 0 radical (unpaired) electrons. The van der Waals surface area contributed by atoms with Gasteiger partial charge in [0.25, 0.3) is 5.91 Å². The van der Waals surface area contributed by atoms with E-state index in [2.05, 4.69) is 22.4 Å². The molecule has 0 bridgehead atoms. The van der Waals surface area contributed by atoms with E-state index in [0.29, 0.717) is 40.9 Å². The maximum atomic E-state index is 12.9. The minimum atomic E-state index is -0.319. The smallest absolute Gasteiger partial charge is 0.251 e. The molecule has 1 amide bonds. The van der Waals surface area contributed by atoms with Crippen molar-refractivity contribution in [1.29, 1.82) is 10.5 Å². The SMILES string of the molecule is CC(C)Oc1ccc(C(=O)N[C@H](CCO)Cc2ccc(-c3cn4cccc(C#N)c4n3)cc2)cc1C#N. The number of pyridine rings is 1. The number of carbonyl (C=O) groups is 1. The maximum absolute atomic E-state index is 12.9. The number of nitriles is 2. The molecule has 0 unspecified atom stereocenters. The zero-order valence-electron chi connectivity index (χ0n) is 20.7. The molecule has 0 aliphatic carbocycles. The molecule has 0 saturated heterocycles. The van der Waals surface area contributed by atoms with Gasteiger partial charge in [0.05, 0.1) is 22.9 Å². The van der Waals surface area contributed by atoms with Gasteiger partial charge in [-0.1, -0.05) is 24.3 Å². The van der Waals surface area contributed by atoms with E-state index in [9.17, 15) is 20.4 Å². The molecule has 0 fully saturated rings. The third-order valence-electron chi connectivity index (χ3n) is 5.87. The number of ether oxygens (including phenoxy) is 1. The van der Waals surface area contributed by atoms with Crippen molar-refractivity contribution >= 4 is 11.6 Å². The first kappa shape index (κ1) is 25.4. The predicted octanol–water partition coefficient (Wildman–Crippen LogP) is 4.26. The van der Waals surface area contributed by atoms with Crippen LogP contribution in [0.1, 0.15) is 47.3 Å². The number of hydrogen-bond acceptors (Lipinski definition) is 6. The minimum Gasteiger partial charge on any atom is -0.490 e. The summed E-state index contributed by atoms with van der Waals surface area (Å²) in [5, 5.41) is 31.3. The van der Waals surface area contributed by atoms with Crippen molar-refractivity contribution in [3.8, 4) is 29.1 Å². The zero-order chi connectivity index (χ0) is 26.4. The topological polar surface area (TPSA) is 123 Å². The molecule has 8 heteroatoms. The third kappa shape index (κ3) is 5.95. The summed E-state index contributed by atoms with van der Waals surface area (Å²) >= 11 is 0. The quantitative estimate of drug-likeness (QED) is 0.359. The van der Waals surface area contributed by atoms with Gasteiger partial charge in [-0.3, -0.25) is 4.79 Å². The number of rotatable bonds is 9. The first-order chi connectivity index (χ1) is 17.9. The van der Waals surface area contributed by atoms with Gasteiger partial charge < -0.3 is 19.6 Å². The Morgan fingerprint density at radius 3 is 2.54 bits per heavy atom. The molecule has 2 heterocycles. The van der Waals surface area contributed by atoms with Crippen LogP contribution < -0.4 is 10.1 Å². The lowest BCUT2D eigenvalue weighted by Gasteiger charge is -2.19. The van der Waals surface area contributed by atoms with Crippen molar-refractivity contribution in [2.75, 3.05) is 6.61 Å². The Bertz CT molecular complexity index is 1490. The van der Waals surface area contributed by atoms with Gasteiger partial charge in [-0.2, -0.15) is 10.5 Å². The lowest BCUT2D eigenvalue weighted by atomic mass is 10.0. The third-order valence-corrected chi connectivity index (χ3v) is 5.87. The van der Waals surface area contributed by atoms with Crippen molar-refractivity contribution in [2.45, 2.75) is 38.8 Å². The van der Waals surface area contributed by atoms with Crippen LogP contribution in [0.25, 0.3) is 16.9 Å². The number of hydrogen-bond donors (Lipinski definition) is 2. The van der Waals surface area contributed by atoms with Crippen LogP contribution in [0, 0.1) is 22.7 Å². The maximum Gasteiger partial charge on any atom is 0.251 e. The van der Waals surface area contributed by atoms with Crippen LogP contribution in [-0.2, 0) is 6.42 Å². The number of aliphatic hydroxyl groups excluding tert-OH is 1. The lowest BCUT2D eigenvalue weighted by molar-refractivity contribution is 0.0930.